The van der Waals surface area contributed by atoms with E-state index in [9.17, 15) is 9.59 Å². The molecule has 0 amide bonds. The zero-order chi connectivity index (χ0) is 14.7. The van der Waals surface area contributed by atoms with E-state index in [0.717, 1.165) is 10.3 Å². The summed E-state index contributed by atoms with van der Waals surface area (Å²) < 4.78 is 2.65. The van der Waals surface area contributed by atoms with E-state index in [1.165, 1.54) is 23.2 Å². The lowest BCUT2D eigenvalue weighted by molar-refractivity contribution is 0.665. The number of nitrogens with zero attached hydrogens (tertiary/aromatic N) is 2. The molecule has 0 radical (unpaired) electrons. The Morgan fingerprint density at radius 1 is 1.10 bits per heavy atom. The van der Waals surface area contributed by atoms with Crippen molar-refractivity contribution in [3.63, 3.8) is 0 Å². The number of thioether (sulfide) groups is 1. The van der Waals surface area contributed by atoms with E-state index in [1.807, 2.05) is 18.2 Å². The minimum atomic E-state index is -0.277. The van der Waals surface area contributed by atoms with Gasteiger partial charge in [-0.3, -0.25) is 13.9 Å². The van der Waals surface area contributed by atoms with Gasteiger partial charge >= 0.3 is 5.69 Å². The van der Waals surface area contributed by atoms with Gasteiger partial charge in [-0.15, -0.1) is 11.8 Å². The highest BCUT2D eigenvalue weighted by Crippen LogP contribution is 2.30. The molecule has 2 rings (SSSR count). The van der Waals surface area contributed by atoms with Gasteiger partial charge in [-0.2, -0.15) is 0 Å². The molecule has 0 saturated heterocycles. The number of hydrogen-bond acceptors (Lipinski definition) is 3. The summed E-state index contributed by atoms with van der Waals surface area (Å²) in [6.45, 7) is 2.12. The van der Waals surface area contributed by atoms with Gasteiger partial charge in [0.15, 0.2) is 0 Å². The Morgan fingerprint density at radius 3 is 2.40 bits per heavy atom. The van der Waals surface area contributed by atoms with E-state index < -0.39 is 0 Å². The molecule has 106 valence electrons. The van der Waals surface area contributed by atoms with Gasteiger partial charge in [0, 0.05) is 36.9 Å². The molecule has 20 heavy (non-hydrogen) atoms. The monoisotopic (exact) mass is 290 g/mol. The Hall–Kier alpha value is -1.75. The van der Waals surface area contributed by atoms with Gasteiger partial charge in [0.25, 0.3) is 5.56 Å². The van der Waals surface area contributed by atoms with Crippen molar-refractivity contribution in [3.05, 3.63) is 68.5 Å². The number of rotatable bonds is 4. The molecule has 0 fully saturated rings. The van der Waals surface area contributed by atoms with E-state index in [2.05, 4.69) is 19.1 Å². The predicted octanol–water partition coefficient (Wildman–Crippen LogP) is 2.08. The summed E-state index contributed by atoms with van der Waals surface area (Å²) >= 11 is 1.71. The summed E-state index contributed by atoms with van der Waals surface area (Å²) in [5.74, 6) is 0.637. The Morgan fingerprint density at radius 2 is 1.75 bits per heavy atom. The minimum Gasteiger partial charge on any atom is -0.300 e. The maximum absolute atomic E-state index is 11.8. The smallest absolute Gasteiger partial charge is 0.300 e. The fourth-order valence-electron chi connectivity index (χ4n) is 1.95. The first-order valence-corrected chi connectivity index (χ1v) is 7.48. The SMILES string of the molecule is C[C@H](SCc1cc(=O)n(C)c(=O)n1C)c1ccccc1. The highest BCUT2D eigenvalue weighted by molar-refractivity contribution is 7.98. The van der Waals surface area contributed by atoms with E-state index in [4.69, 9.17) is 0 Å². The quantitative estimate of drug-likeness (QED) is 0.866. The second-order valence-electron chi connectivity index (χ2n) is 4.74. The molecule has 5 heteroatoms. The van der Waals surface area contributed by atoms with Crippen molar-refractivity contribution in [1.82, 2.24) is 9.13 Å². The molecule has 0 N–H and O–H groups in total. The first-order valence-electron chi connectivity index (χ1n) is 6.43. The largest absolute Gasteiger partial charge is 0.330 e. The van der Waals surface area contributed by atoms with Crippen LogP contribution in [0.15, 0.2) is 46.0 Å². The van der Waals surface area contributed by atoms with Crippen molar-refractivity contribution >= 4 is 11.8 Å². The average molecular weight is 290 g/mol. The maximum Gasteiger partial charge on any atom is 0.330 e. The van der Waals surface area contributed by atoms with Crippen LogP contribution in [0.25, 0.3) is 0 Å². The van der Waals surface area contributed by atoms with Crippen molar-refractivity contribution in [2.45, 2.75) is 17.9 Å². The molecule has 0 saturated carbocycles. The van der Waals surface area contributed by atoms with Gasteiger partial charge < -0.3 is 0 Å². The van der Waals surface area contributed by atoms with Crippen molar-refractivity contribution in [2.24, 2.45) is 14.1 Å². The van der Waals surface area contributed by atoms with Crippen LogP contribution in [0.3, 0.4) is 0 Å². The van der Waals surface area contributed by atoms with Gasteiger partial charge in [0.05, 0.1) is 0 Å². The van der Waals surface area contributed by atoms with E-state index in [1.54, 1.807) is 18.8 Å². The third-order valence-corrected chi connectivity index (χ3v) is 4.61. The normalized spacial score (nSPS) is 12.3. The van der Waals surface area contributed by atoms with Crippen LogP contribution >= 0.6 is 11.8 Å². The van der Waals surface area contributed by atoms with E-state index in [0.29, 0.717) is 11.0 Å². The van der Waals surface area contributed by atoms with Crippen LogP contribution in [0, 0.1) is 0 Å². The summed E-state index contributed by atoms with van der Waals surface area (Å²) in [6.07, 6.45) is 0. The molecular formula is C15H18N2O2S. The van der Waals surface area contributed by atoms with Crippen molar-refractivity contribution < 1.29 is 0 Å². The Kier molecular flexibility index (Phi) is 4.49. The average Bonchev–Trinajstić information content (AvgIpc) is 2.48. The molecular weight excluding hydrogens is 272 g/mol. The summed E-state index contributed by atoms with van der Waals surface area (Å²) in [5, 5.41) is 0.315. The minimum absolute atomic E-state index is 0.254. The lowest BCUT2D eigenvalue weighted by Gasteiger charge is -2.13. The predicted molar refractivity (Wildman–Crippen MR) is 83.1 cm³/mol. The molecule has 0 aliphatic carbocycles. The summed E-state index contributed by atoms with van der Waals surface area (Å²) in [4.78, 5) is 23.5. The van der Waals surface area contributed by atoms with Crippen LogP contribution in [0.4, 0.5) is 0 Å². The van der Waals surface area contributed by atoms with Crippen LogP contribution in [0.5, 0.6) is 0 Å². The van der Waals surface area contributed by atoms with Gasteiger partial charge in [0.2, 0.25) is 0 Å². The van der Waals surface area contributed by atoms with Crippen molar-refractivity contribution in [2.75, 3.05) is 0 Å². The summed E-state index contributed by atoms with van der Waals surface area (Å²) in [5.41, 5.74) is 1.47. The molecule has 1 heterocycles. The van der Waals surface area contributed by atoms with Gasteiger partial charge in [0.1, 0.15) is 0 Å². The molecule has 0 aliphatic rings. The standard InChI is InChI=1S/C15H18N2O2S/c1-11(12-7-5-4-6-8-12)20-10-13-9-14(18)17(3)15(19)16(13)2/h4-9,11H,10H2,1-3H3/t11-/m0/s1. The van der Waals surface area contributed by atoms with Crippen LogP contribution in [0.1, 0.15) is 23.4 Å². The zero-order valence-corrected chi connectivity index (χ0v) is 12.7. The third-order valence-electron chi connectivity index (χ3n) is 3.38. The van der Waals surface area contributed by atoms with E-state index in [-0.39, 0.29) is 11.2 Å². The fourth-order valence-corrected chi connectivity index (χ4v) is 2.99. The summed E-state index contributed by atoms with van der Waals surface area (Å²) in [6, 6.07) is 11.7. The number of benzene rings is 1. The number of hydrogen-bond donors (Lipinski definition) is 0. The van der Waals surface area contributed by atoms with Gasteiger partial charge in [-0.25, -0.2) is 4.79 Å². The van der Waals surface area contributed by atoms with Gasteiger partial charge in [-0.1, -0.05) is 30.3 Å². The molecule has 4 nitrogen and oxygen atoms in total. The second kappa shape index (κ2) is 6.13. The fraction of sp³-hybridized carbons (Fsp3) is 0.333. The van der Waals surface area contributed by atoms with Crippen LogP contribution in [0.2, 0.25) is 0 Å². The highest BCUT2D eigenvalue weighted by atomic mass is 32.2. The molecule has 0 aliphatic heterocycles. The molecule has 0 unspecified atom stereocenters. The number of aromatic nitrogens is 2. The highest BCUT2D eigenvalue weighted by Gasteiger charge is 2.09. The topological polar surface area (TPSA) is 44.0 Å². The molecule has 1 aromatic heterocycles. The molecule has 2 aromatic rings. The Bertz CT molecular complexity index is 704. The first kappa shape index (κ1) is 14.7. The Labute approximate surface area is 122 Å². The van der Waals surface area contributed by atoms with Crippen LogP contribution in [-0.2, 0) is 19.8 Å². The van der Waals surface area contributed by atoms with Crippen molar-refractivity contribution in [1.29, 1.82) is 0 Å². The molecule has 1 atom stereocenters. The van der Waals surface area contributed by atoms with Crippen molar-refractivity contribution in [3.8, 4) is 0 Å². The molecule has 0 spiro atoms. The van der Waals surface area contributed by atoms with Crippen LogP contribution < -0.4 is 11.2 Å². The second-order valence-corrected chi connectivity index (χ2v) is 6.07. The Balaban J connectivity index is 2.16. The third kappa shape index (κ3) is 3.04. The zero-order valence-electron chi connectivity index (χ0n) is 11.9. The van der Waals surface area contributed by atoms with E-state index >= 15 is 0 Å². The lowest BCUT2D eigenvalue weighted by Crippen LogP contribution is -2.37. The van der Waals surface area contributed by atoms with Crippen LogP contribution in [-0.4, -0.2) is 9.13 Å². The molecule has 1 aromatic carbocycles. The first-order chi connectivity index (χ1) is 9.50. The lowest BCUT2D eigenvalue weighted by atomic mass is 10.2. The van der Waals surface area contributed by atoms with Gasteiger partial charge in [-0.05, 0) is 12.5 Å². The molecule has 0 bridgehead atoms. The maximum atomic E-state index is 11.8. The summed E-state index contributed by atoms with van der Waals surface area (Å²) in [7, 11) is 3.19.